The summed E-state index contributed by atoms with van der Waals surface area (Å²) >= 11 is 0. The molecule has 1 heterocycles. The molecule has 0 radical (unpaired) electrons. The summed E-state index contributed by atoms with van der Waals surface area (Å²) in [6.07, 6.45) is 0. The van der Waals surface area contributed by atoms with Gasteiger partial charge in [0.15, 0.2) is 0 Å². The highest BCUT2D eigenvalue weighted by molar-refractivity contribution is 5.87. The summed E-state index contributed by atoms with van der Waals surface area (Å²) in [5.74, 6) is -1.10. The number of carboxylic acids is 1. The van der Waals surface area contributed by atoms with Crippen LogP contribution in [0, 0.1) is 11.3 Å². The first-order valence-corrected chi connectivity index (χ1v) is 5.58. The molecule has 0 aliphatic rings. The molecule has 6 heteroatoms. The van der Waals surface area contributed by atoms with Crippen LogP contribution in [0.25, 0.3) is 11.3 Å². The Bertz CT molecular complexity index is 638. The van der Waals surface area contributed by atoms with E-state index in [2.05, 4.69) is 5.10 Å². The molecule has 1 aromatic heterocycles. The van der Waals surface area contributed by atoms with Crippen LogP contribution >= 0.6 is 0 Å². The largest absolute Gasteiger partial charge is 0.477 e. The van der Waals surface area contributed by atoms with Crippen molar-refractivity contribution in [3.8, 4) is 17.3 Å². The van der Waals surface area contributed by atoms with Crippen LogP contribution in [0.1, 0.15) is 16.1 Å². The quantitative estimate of drug-likeness (QED) is 0.854. The lowest BCUT2D eigenvalue weighted by molar-refractivity contribution is 0.0681. The molecule has 0 aliphatic heterocycles. The number of hydrogen-bond acceptors (Lipinski definition) is 4. The van der Waals surface area contributed by atoms with Crippen LogP contribution in [0.5, 0.6) is 0 Å². The fraction of sp³-hybridized carbons (Fsp3) is 0.154. The second-order valence-corrected chi connectivity index (χ2v) is 3.86. The Balaban J connectivity index is 2.42. The molecule has 0 atom stereocenters. The van der Waals surface area contributed by atoms with E-state index in [4.69, 9.17) is 15.5 Å². The molecule has 19 heavy (non-hydrogen) atoms. The SMILES string of the molecule is N#Cc1ccc(-c2cc(C(=O)O)n(CCO)n2)cc1. The first-order chi connectivity index (χ1) is 9.15. The molecule has 0 saturated heterocycles. The number of hydrogen-bond donors (Lipinski definition) is 2. The molecule has 0 spiro atoms. The van der Waals surface area contributed by atoms with Gasteiger partial charge in [-0.3, -0.25) is 4.68 Å². The number of aromatic nitrogens is 2. The zero-order valence-corrected chi connectivity index (χ0v) is 9.95. The van der Waals surface area contributed by atoms with Gasteiger partial charge in [-0.05, 0) is 18.2 Å². The van der Waals surface area contributed by atoms with Gasteiger partial charge in [-0.1, -0.05) is 12.1 Å². The van der Waals surface area contributed by atoms with Crippen molar-refractivity contribution >= 4 is 5.97 Å². The first-order valence-electron chi connectivity index (χ1n) is 5.58. The second-order valence-electron chi connectivity index (χ2n) is 3.86. The number of carbonyl (C=O) groups is 1. The third kappa shape index (κ3) is 2.61. The maximum absolute atomic E-state index is 11.1. The number of carboxylic acid groups (broad SMARTS) is 1. The minimum absolute atomic E-state index is 0.0217. The monoisotopic (exact) mass is 257 g/mol. The Morgan fingerprint density at radius 3 is 2.58 bits per heavy atom. The number of benzene rings is 1. The average Bonchev–Trinajstić information content (AvgIpc) is 2.83. The van der Waals surface area contributed by atoms with Gasteiger partial charge >= 0.3 is 5.97 Å². The molecule has 0 bridgehead atoms. The lowest BCUT2D eigenvalue weighted by Gasteiger charge is -2.00. The summed E-state index contributed by atoms with van der Waals surface area (Å²) in [4.78, 5) is 11.1. The minimum Gasteiger partial charge on any atom is -0.477 e. The number of nitriles is 1. The Morgan fingerprint density at radius 1 is 1.37 bits per heavy atom. The third-order valence-electron chi connectivity index (χ3n) is 2.62. The molecule has 2 aromatic rings. The normalized spacial score (nSPS) is 10.1. The standard InChI is InChI=1S/C13H11N3O3/c14-8-9-1-3-10(4-2-9)11-7-12(13(18)19)16(15-11)5-6-17/h1-4,7,17H,5-6H2,(H,18,19). The molecule has 2 N–H and O–H groups in total. The number of nitrogens with zero attached hydrogens (tertiary/aromatic N) is 3. The lowest BCUT2D eigenvalue weighted by Crippen LogP contribution is -2.12. The van der Waals surface area contributed by atoms with Gasteiger partial charge in [-0.25, -0.2) is 4.79 Å². The number of aliphatic hydroxyl groups is 1. The maximum Gasteiger partial charge on any atom is 0.354 e. The van der Waals surface area contributed by atoms with Gasteiger partial charge in [-0.2, -0.15) is 10.4 Å². The Labute approximate surface area is 109 Å². The summed E-state index contributed by atoms with van der Waals surface area (Å²) in [6, 6.07) is 10.1. The van der Waals surface area contributed by atoms with E-state index in [0.29, 0.717) is 11.3 Å². The van der Waals surface area contributed by atoms with Gasteiger partial charge in [0.1, 0.15) is 5.69 Å². The summed E-state index contributed by atoms with van der Waals surface area (Å²) in [5, 5.41) is 30.8. The highest BCUT2D eigenvalue weighted by Crippen LogP contribution is 2.19. The third-order valence-corrected chi connectivity index (χ3v) is 2.62. The van der Waals surface area contributed by atoms with Crippen LogP contribution in [0.15, 0.2) is 30.3 Å². The fourth-order valence-electron chi connectivity index (χ4n) is 1.71. The number of aromatic carboxylic acids is 1. The van der Waals surface area contributed by atoms with E-state index in [1.165, 1.54) is 10.7 Å². The molecular weight excluding hydrogens is 246 g/mol. The predicted molar refractivity (Wildman–Crippen MR) is 66.4 cm³/mol. The van der Waals surface area contributed by atoms with E-state index in [0.717, 1.165) is 5.56 Å². The van der Waals surface area contributed by atoms with E-state index in [1.807, 2.05) is 6.07 Å². The van der Waals surface area contributed by atoms with Crippen LogP contribution in [-0.4, -0.2) is 32.6 Å². The van der Waals surface area contributed by atoms with E-state index in [9.17, 15) is 4.79 Å². The van der Waals surface area contributed by atoms with Crippen molar-refractivity contribution < 1.29 is 15.0 Å². The van der Waals surface area contributed by atoms with Gasteiger partial charge in [0.2, 0.25) is 0 Å². The second kappa shape index (κ2) is 5.33. The topological polar surface area (TPSA) is 99.1 Å². The first kappa shape index (κ1) is 12.8. The highest BCUT2D eigenvalue weighted by Gasteiger charge is 2.14. The van der Waals surface area contributed by atoms with Crippen LogP contribution < -0.4 is 0 Å². The van der Waals surface area contributed by atoms with Gasteiger partial charge in [-0.15, -0.1) is 0 Å². The van der Waals surface area contributed by atoms with Crippen LogP contribution in [0.2, 0.25) is 0 Å². The number of rotatable bonds is 4. The van der Waals surface area contributed by atoms with Crippen LogP contribution in [0.4, 0.5) is 0 Å². The average molecular weight is 257 g/mol. The molecule has 6 nitrogen and oxygen atoms in total. The molecule has 0 aliphatic carbocycles. The lowest BCUT2D eigenvalue weighted by atomic mass is 10.1. The maximum atomic E-state index is 11.1. The molecule has 0 unspecified atom stereocenters. The van der Waals surface area contributed by atoms with Crippen molar-refractivity contribution in [1.82, 2.24) is 9.78 Å². The van der Waals surface area contributed by atoms with Crippen molar-refractivity contribution in [2.24, 2.45) is 0 Å². The van der Waals surface area contributed by atoms with Crippen molar-refractivity contribution in [2.75, 3.05) is 6.61 Å². The molecule has 0 fully saturated rings. The van der Waals surface area contributed by atoms with Gasteiger partial charge in [0.05, 0.1) is 30.5 Å². The van der Waals surface area contributed by atoms with Crippen molar-refractivity contribution in [2.45, 2.75) is 6.54 Å². The number of aliphatic hydroxyl groups excluding tert-OH is 1. The summed E-state index contributed by atoms with van der Waals surface area (Å²) in [6.45, 7) is -0.0628. The smallest absolute Gasteiger partial charge is 0.354 e. The molecule has 2 rings (SSSR count). The highest BCUT2D eigenvalue weighted by atomic mass is 16.4. The Kier molecular flexibility index (Phi) is 3.59. The Hall–Kier alpha value is -2.65. The van der Waals surface area contributed by atoms with Crippen molar-refractivity contribution in [1.29, 1.82) is 5.26 Å². The zero-order valence-electron chi connectivity index (χ0n) is 9.95. The van der Waals surface area contributed by atoms with Gasteiger partial charge in [0.25, 0.3) is 0 Å². The predicted octanol–water partition coefficient (Wildman–Crippen LogP) is 1.11. The molecular formula is C13H11N3O3. The summed E-state index contributed by atoms with van der Waals surface area (Å²) in [5.41, 5.74) is 1.76. The molecule has 0 saturated carbocycles. The minimum atomic E-state index is -1.10. The van der Waals surface area contributed by atoms with E-state index < -0.39 is 5.97 Å². The molecule has 96 valence electrons. The molecule has 0 amide bonds. The van der Waals surface area contributed by atoms with E-state index in [1.54, 1.807) is 24.3 Å². The van der Waals surface area contributed by atoms with Gasteiger partial charge in [0, 0.05) is 5.56 Å². The zero-order chi connectivity index (χ0) is 13.8. The van der Waals surface area contributed by atoms with Crippen molar-refractivity contribution in [3.63, 3.8) is 0 Å². The molecule has 1 aromatic carbocycles. The summed E-state index contributed by atoms with van der Waals surface area (Å²) in [7, 11) is 0. The van der Waals surface area contributed by atoms with E-state index >= 15 is 0 Å². The Morgan fingerprint density at radius 2 is 2.05 bits per heavy atom. The van der Waals surface area contributed by atoms with Crippen LogP contribution in [-0.2, 0) is 6.54 Å². The van der Waals surface area contributed by atoms with Crippen LogP contribution in [0.3, 0.4) is 0 Å². The van der Waals surface area contributed by atoms with Gasteiger partial charge < -0.3 is 10.2 Å². The van der Waals surface area contributed by atoms with Crippen molar-refractivity contribution in [3.05, 3.63) is 41.6 Å². The van der Waals surface area contributed by atoms with E-state index in [-0.39, 0.29) is 18.8 Å². The fourth-order valence-corrected chi connectivity index (χ4v) is 1.71. The summed E-state index contributed by atoms with van der Waals surface area (Å²) < 4.78 is 1.25.